The lowest BCUT2D eigenvalue weighted by atomic mass is 9.95. The number of hydrogen-bond acceptors (Lipinski definition) is 1. The van der Waals surface area contributed by atoms with Crippen LogP contribution in [0, 0.1) is 5.92 Å². The van der Waals surface area contributed by atoms with Gasteiger partial charge in [0.15, 0.2) is 5.88 Å². The Kier molecular flexibility index (Phi) is 3.95. The van der Waals surface area contributed by atoms with Crippen molar-refractivity contribution in [2.75, 3.05) is 5.88 Å². The van der Waals surface area contributed by atoms with E-state index in [1.54, 1.807) is 0 Å². The molecule has 0 amide bonds. The minimum absolute atomic E-state index is 0.210. The van der Waals surface area contributed by atoms with Crippen LogP contribution in [0.25, 0.3) is 12.7 Å². The topological polar surface area (TPSA) is 36.0 Å². The molecule has 92 valence electrons. The summed E-state index contributed by atoms with van der Waals surface area (Å²) in [5.74, 6) is 1.16. The van der Waals surface area contributed by atoms with E-state index >= 15 is 0 Å². The van der Waals surface area contributed by atoms with E-state index < -0.39 is 0 Å². The fourth-order valence-corrected chi connectivity index (χ4v) is 2.47. The van der Waals surface area contributed by atoms with Crippen LogP contribution in [-0.4, -0.2) is 16.0 Å². The molecule has 0 saturated heterocycles. The molecule has 1 atom stereocenters. The Bertz CT molecular complexity index is 515. The summed E-state index contributed by atoms with van der Waals surface area (Å²) in [5, 5.41) is 11.6. The molecule has 1 aliphatic rings. The van der Waals surface area contributed by atoms with Crippen molar-refractivity contribution in [2.24, 2.45) is 5.92 Å². The lowest BCUT2D eigenvalue weighted by molar-refractivity contribution is 0.450. The SMILES string of the molecule is C=c1c(CCCl)c(O)[nH]c1=C[C@@H]1C=CCCC1. The number of nitrogens with one attached hydrogen (secondary N) is 1. The third-order valence-electron chi connectivity index (χ3n) is 3.25. The fourth-order valence-electron chi connectivity index (χ4n) is 2.28. The van der Waals surface area contributed by atoms with Gasteiger partial charge in [-0.25, -0.2) is 0 Å². The summed E-state index contributed by atoms with van der Waals surface area (Å²) in [6.45, 7) is 4.02. The van der Waals surface area contributed by atoms with E-state index in [4.69, 9.17) is 11.6 Å². The third kappa shape index (κ3) is 2.75. The molecule has 1 heterocycles. The lowest BCUT2D eigenvalue weighted by Crippen LogP contribution is -2.25. The molecule has 0 aliphatic heterocycles. The van der Waals surface area contributed by atoms with Gasteiger partial charge in [-0.15, -0.1) is 11.6 Å². The van der Waals surface area contributed by atoms with E-state index in [1.165, 1.54) is 19.3 Å². The van der Waals surface area contributed by atoms with Gasteiger partial charge >= 0.3 is 0 Å². The molecular formula is C14H18ClNO. The summed E-state index contributed by atoms with van der Waals surface area (Å²) in [6.07, 6.45) is 10.8. The molecule has 1 aromatic rings. The molecule has 0 saturated carbocycles. The largest absolute Gasteiger partial charge is 0.494 e. The Labute approximate surface area is 106 Å². The van der Waals surface area contributed by atoms with E-state index in [-0.39, 0.29) is 5.88 Å². The minimum atomic E-state index is 0.210. The number of alkyl halides is 1. The molecule has 17 heavy (non-hydrogen) atoms. The van der Waals surface area contributed by atoms with Gasteiger partial charge in [-0.1, -0.05) is 24.8 Å². The Hall–Kier alpha value is -1.15. The minimum Gasteiger partial charge on any atom is -0.494 e. The number of aromatic amines is 1. The van der Waals surface area contributed by atoms with Crippen LogP contribution in [-0.2, 0) is 6.42 Å². The highest BCUT2D eigenvalue weighted by Crippen LogP contribution is 2.18. The van der Waals surface area contributed by atoms with Crippen molar-refractivity contribution >= 4 is 24.3 Å². The van der Waals surface area contributed by atoms with Crippen molar-refractivity contribution < 1.29 is 5.11 Å². The average molecular weight is 252 g/mol. The van der Waals surface area contributed by atoms with Gasteiger partial charge in [-0.05, 0) is 36.8 Å². The number of allylic oxidation sites excluding steroid dienone is 2. The van der Waals surface area contributed by atoms with Crippen LogP contribution in [0.2, 0.25) is 0 Å². The Morgan fingerprint density at radius 1 is 1.59 bits per heavy atom. The van der Waals surface area contributed by atoms with Gasteiger partial charge in [0.2, 0.25) is 0 Å². The summed E-state index contributed by atoms with van der Waals surface area (Å²) in [4.78, 5) is 2.99. The predicted octanol–water partition coefficient (Wildman–Crippen LogP) is 2.05. The number of aromatic nitrogens is 1. The van der Waals surface area contributed by atoms with E-state index in [0.29, 0.717) is 18.2 Å². The molecule has 2 rings (SSSR count). The van der Waals surface area contributed by atoms with E-state index in [1.807, 2.05) is 0 Å². The number of H-pyrrole nitrogens is 1. The molecular weight excluding hydrogens is 234 g/mol. The predicted molar refractivity (Wildman–Crippen MR) is 72.6 cm³/mol. The van der Waals surface area contributed by atoms with Crippen LogP contribution in [0.15, 0.2) is 12.2 Å². The van der Waals surface area contributed by atoms with Gasteiger partial charge in [0.25, 0.3) is 0 Å². The summed E-state index contributed by atoms with van der Waals surface area (Å²) < 4.78 is 0. The maximum Gasteiger partial charge on any atom is 0.192 e. The Balaban J connectivity index is 2.35. The van der Waals surface area contributed by atoms with Gasteiger partial charge in [-0.2, -0.15) is 0 Å². The second-order valence-corrected chi connectivity index (χ2v) is 4.85. The fraction of sp³-hybridized carbons (Fsp3) is 0.429. The summed E-state index contributed by atoms with van der Waals surface area (Å²) in [5.41, 5.74) is 0.839. The van der Waals surface area contributed by atoms with Crippen LogP contribution in [0.1, 0.15) is 24.8 Å². The number of rotatable bonds is 3. The molecule has 2 nitrogen and oxygen atoms in total. The van der Waals surface area contributed by atoms with E-state index in [0.717, 1.165) is 16.1 Å². The van der Waals surface area contributed by atoms with Gasteiger partial charge in [0, 0.05) is 16.8 Å². The Morgan fingerprint density at radius 2 is 2.41 bits per heavy atom. The molecule has 2 N–H and O–H groups in total. The van der Waals surface area contributed by atoms with Gasteiger partial charge in [0.1, 0.15) is 0 Å². The first-order valence-electron chi connectivity index (χ1n) is 6.05. The second-order valence-electron chi connectivity index (χ2n) is 4.47. The normalized spacial score (nSPS) is 21.0. The average Bonchev–Trinajstić information content (AvgIpc) is 2.59. The van der Waals surface area contributed by atoms with Crippen LogP contribution in [0.3, 0.4) is 0 Å². The molecule has 0 bridgehead atoms. The third-order valence-corrected chi connectivity index (χ3v) is 3.43. The molecule has 1 aromatic heterocycles. The smallest absolute Gasteiger partial charge is 0.192 e. The molecule has 3 heteroatoms. The molecule has 0 spiro atoms. The quantitative estimate of drug-likeness (QED) is 0.626. The van der Waals surface area contributed by atoms with Crippen LogP contribution < -0.4 is 10.6 Å². The van der Waals surface area contributed by atoms with Gasteiger partial charge in [0.05, 0.1) is 0 Å². The highest BCUT2D eigenvalue weighted by molar-refractivity contribution is 6.18. The van der Waals surface area contributed by atoms with Crippen molar-refractivity contribution in [3.05, 3.63) is 28.3 Å². The zero-order chi connectivity index (χ0) is 12.3. The monoisotopic (exact) mass is 251 g/mol. The Morgan fingerprint density at radius 3 is 3.06 bits per heavy atom. The van der Waals surface area contributed by atoms with Crippen molar-refractivity contribution in [1.29, 1.82) is 0 Å². The number of halogens is 1. The maximum absolute atomic E-state index is 9.78. The highest BCUT2D eigenvalue weighted by Gasteiger charge is 2.08. The van der Waals surface area contributed by atoms with Crippen molar-refractivity contribution in [3.63, 3.8) is 0 Å². The van der Waals surface area contributed by atoms with Crippen LogP contribution in [0.4, 0.5) is 0 Å². The second kappa shape index (κ2) is 5.46. The summed E-state index contributed by atoms with van der Waals surface area (Å²) >= 11 is 5.71. The first-order chi connectivity index (χ1) is 8.22. The van der Waals surface area contributed by atoms with Gasteiger partial charge in [-0.3, -0.25) is 0 Å². The number of aromatic hydroxyl groups is 1. The summed E-state index contributed by atoms with van der Waals surface area (Å²) in [7, 11) is 0. The molecule has 0 fully saturated rings. The first kappa shape index (κ1) is 12.3. The first-order valence-corrected chi connectivity index (χ1v) is 6.59. The van der Waals surface area contributed by atoms with Crippen molar-refractivity contribution in [2.45, 2.75) is 25.7 Å². The molecule has 0 radical (unpaired) electrons. The van der Waals surface area contributed by atoms with E-state index in [9.17, 15) is 5.11 Å². The van der Waals surface area contributed by atoms with Crippen molar-refractivity contribution in [3.8, 4) is 5.88 Å². The van der Waals surface area contributed by atoms with Crippen LogP contribution >= 0.6 is 11.6 Å². The zero-order valence-corrected chi connectivity index (χ0v) is 10.6. The van der Waals surface area contributed by atoms with Gasteiger partial charge < -0.3 is 10.1 Å². The zero-order valence-electron chi connectivity index (χ0n) is 9.88. The van der Waals surface area contributed by atoms with E-state index in [2.05, 4.69) is 29.8 Å². The molecule has 0 unspecified atom stereocenters. The maximum atomic E-state index is 9.78. The number of hydrogen-bond donors (Lipinski definition) is 2. The van der Waals surface area contributed by atoms with Crippen LogP contribution in [0.5, 0.6) is 5.88 Å². The summed E-state index contributed by atoms with van der Waals surface area (Å²) in [6, 6.07) is 0. The van der Waals surface area contributed by atoms with Crippen molar-refractivity contribution in [1.82, 2.24) is 4.98 Å². The highest BCUT2D eigenvalue weighted by atomic mass is 35.5. The molecule has 1 aliphatic carbocycles. The lowest BCUT2D eigenvalue weighted by Gasteiger charge is -2.10. The standard InChI is InChI=1S/C14H18ClNO/c1-10-12(7-8-15)14(17)16-13(10)9-11-5-3-2-4-6-11/h3,5,9,11,16-17H,1-2,4,6-8H2/t11-/m1/s1. The molecule has 0 aromatic carbocycles.